The van der Waals surface area contributed by atoms with Crippen molar-refractivity contribution in [3.05, 3.63) is 53.1 Å². The highest BCUT2D eigenvalue weighted by atomic mass is 16.5. The van der Waals surface area contributed by atoms with Gasteiger partial charge in [-0.05, 0) is 23.6 Å². The molecule has 0 saturated carbocycles. The number of hydrogen-bond acceptors (Lipinski definition) is 5. The Hall–Kier alpha value is -2.24. The summed E-state index contributed by atoms with van der Waals surface area (Å²) in [6.07, 6.45) is 0.988. The van der Waals surface area contributed by atoms with Crippen LogP contribution in [-0.2, 0) is 13.0 Å². The zero-order chi connectivity index (χ0) is 17.8. The zero-order valence-electron chi connectivity index (χ0n) is 15.1. The Kier molecular flexibility index (Phi) is 5.46. The monoisotopic (exact) mass is 342 g/mol. The van der Waals surface area contributed by atoms with Crippen LogP contribution in [0.2, 0.25) is 0 Å². The third-order valence-electron chi connectivity index (χ3n) is 4.88. The molecule has 1 aliphatic heterocycles. The van der Waals surface area contributed by atoms with Crippen molar-refractivity contribution < 1.29 is 14.2 Å². The van der Waals surface area contributed by atoms with E-state index in [1.54, 1.807) is 21.3 Å². The van der Waals surface area contributed by atoms with Gasteiger partial charge in [-0.3, -0.25) is 4.90 Å². The highest BCUT2D eigenvalue weighted by molar-refractivity contribution is 5.61. The number of benzene rings is 2. The summed E-state index contributed by atoms with van der Waals surface area (Å²) in [6, 6.07) is 12.7. The minimum Gasteiger partial charge on any atom is -0.493 e. The maximum absolute atomic E-state index is 6.11. The number of ether oxygens (including phenoxy) is 3. The number of rotatable bonds is 7. The number of methoxy groups -OCH3 is 3. The fraction of sp³-hybridized carbons (Fsp3) is 0.400. The largest absolute Gasteiger partial charge is 0.493 e. The average molecular weight is 342 g/mol. The predicted octanol–water partition coefficient (Wildman–Crippen LogP) is 2.77. The van der Waals surface area contributed by atoms with Crippen LogP contribution in [0.4, 0.5) is 0 Å². The van der Waals surface area contributed by atoms with Gasteiger partial charge in [0.05, 0.1) is 21.3 Å². The third kappa shape index (κ3) is 3.30. The van der Waals surface area contributed by atoms with Crippen LogP contribution < -0.4 is 19.9 Å². The molecular formula is C20H26N2O3. The summed E-state index contributed by atoms with van der Waals surface area (Å²) in [6.45, 7) is 2.29. The molecule has 3 rings (SSSR count). The molecule has 0 spiro atoms. The maximum Gasteiger partial charge on any atom is 0.203 e. The van der Waals surface area contributed by atoms with E-state index in [4.69, 9.17) is 19.9 Å². The molecule has 1 heterocycles. The maximum atomic E-state index is 6.11. The van der Waals surface area contributed by atoms with E-state index in [1.165, 1.54) is 11.1 Å². The Morgan fingerprint density at radius 1 is 1.04 bits per heavy atom. The lowest BCUT2D eigenvalue weighted by Crippen LogP contribution is -2.29. The van der Waals surface area contributed by atoms with Gasteiger partial charge in [0, 0.05) is 31.2 Å². The van der Waals surface area contributed by atoms with Crippen LogP contribution in [0.25, 0.3) is 0 Å². The molecule has 2 aromatic carbocycles. The fourth-order valence-electron chi connectivity index (χ4n) is 3.63. The summed E-state index contributed by atoms with van der Waals surface area (Å²) in [5.74, 6) is 2.07. The molecular weight excluding hydrogens is 316 g/mol. The summed E-state index contributed by atoms with van der Waals surface area (Å²) in [5, 5.41) is 0. The molecule has 0 aliphatic carbocycles. The summed E-state index contributed by atoms with van der Waals surface area (Å²) in [7, 11) is 4.94. The van der Waals surface area contributed by atoms with E-state index < -0.39 is 0 Å². The van der Waals surface area contributed by atoms with Crippen LogP contribution in [0.15, 0.2) is 36.4 Å². The van der Waals surface area contributed by atoms with E-state index >= 15 is 0 Å². The minimum absolute atomic E-state index is 0.160. The fourth-order valence-corrected chi connectivity index (χ4v) is 3.63. The van der Waals surface area contributed by atoms with Crippen molar-refractivity contribution in [2.75, 3.05) is 34.4 Å². The quantitative estimate of drug-likeness (QED) is 0.838. The SMILES string of the molecule is COc1cc2c(c(OC)c1OC)CN(CCc1ccccc1)C2CN. The zero-order valence-corrected chi connectivity index (χ0v) is 15.1. The highest BCUT2D eigenvalue weighted by Crippen LogP contribution is 2.48. The molecule has 2 aromatic rings. The van der Waals surface area contributed by atoms with Crippen LogP contribution in [-0.4, -0.2) is 39.3 Å². The molecule has 1 aliphatic rings. The van der Waals surface area contributed by atoms with Gasteiger partial charge < -0.3 is 19.9 Å². The van der Waals surface area contributed by atoms with E-state index in [2.05, 4.69) is 29.2 Å². The Labute approximate surface area is 149 Å². The number of hydrogen-bond donors (Lipinski definition) is 1. The van der Waals surface area contributed by atoms with Gasteiger partial charge in [-0.1, -0.05) is 30.3 Å². The molecule has 0 aromatic heterocycles. The molecule has 1 unspecified atom stereocenters. The average Bonchev–Trinajstić information content (AvgIpc) is 3.02. The second kappa shape index (κ2) is 7.76. The first-order valence-electron chi connectivity index (χ1n) is 8.53. The summed E-state index contributed by atoms with van der Waals surface area (Å²) < 4.78 is 16.7. The second-order valence-electron chi connectivity index (χ2n) is 6.17. The molecule has 2 N–H and O–H groups in total. The first kappa shape index (κ1) is 17.6. The van der Waals surface area contributed by atoms with E-state index in [-0.39, 0.29) is 6.04 Å². The number of nitrogens with zero attached hydrogens (tertiary/aromatic N) is 1. The van der Waals surface area contributed by atoms with Crippen LogP contribution in [0.1, 0.15) is 22.7 Å². The number of nitrogens with two attached hydrogens (primary N) is 1. The van der Waals surface area contributed by atoms with Crippen molar-refractivity contribution in [2.24, 2.45) is 5.73 Å². The minimum atomic E-state index is 0.160. The van der Waals surface area contributed by atoms with Crippen molar-refractivity contribution in [3.63, 3.8) is 0 Å². The van der Waals surface area contributed by atoms with Gasteiger partial charge in [0.15, 0.2) is 11.5 Å². The van der Waals surface area contributed by atoms with E-state index in [9.17, 15) is 0 Å². The molecule has 0 radical (unpaired) electrons. The lowest BCUT2D eigenvalue weighted by atomic mass is 10.0. The molecule has 0 fully saturated rings. The van der Waals surface area contributed by atoms with Crippen LogP contribution in [0, 0.1) is 0 Å². The van der Waals surface area contributed by atoms with Gasteiger partial charge >= 0.3 is 0 Å². The molecule has 134 valence electrons. The van der Waals surface area contributed by atoms with Crippen molar-refractivity contribution in [1.82, 2.24) is 4.90 Å². The normalized spacial score (nSPS) is 16.6. The molecule has 0 saturated heterocycles. The number of fused-ring (bicyclic) bond motifs is 1. The van der Waals surface area contributed by atoms with Crippen molar-refractivity contribution in [3.8, 4) is 17.2 Å². The molecule has 0 bridgehead atoms. The Balaban J connectivity index is 1.89. The first-order valence-corrected chi connectivity index (χ1v) is 8.53. The second-order valence-corrected chi connectivity index (χ2v) is 6.17. The Morgan fingerprint density at radius 3 is 2.36 bits per heavy atom. The van der Waals surface area contributed by atoms with Crippen LogP contribution in [0.3, 0.4) is 0 Å². The highest BCUT2D eigenvalue weighted by Gasteiger charge is 2.34. The van der Waals surface area contributed by atoms with Crippen molar-refractivity contribution in [2.45, 2.75) is 19.0 Å². The van der Waals surface area contributed by atoms with Gasteiger partial charge in [0.25, 0.3) is 0 Å². The lowest BCUT2D eigenvalue weighted by molar-refractivity contribution is 0.221. The molecule has 25 heavy (non-hydrogen) atoms. The molecule has 5 heteroatoms. The molecule has 0 amide bonds. The van der Waals surface area contributed by atoms with Crippen molar-refractivity contribution in [1.29, 1.82) is 0 Å². The Morgan fingerprint density at radius 2 is 1.76 bits per heavy atom. The van der Waals surface area contributed by atoms with Gasteiger partial charge in [-0.25, -0.2) is 0 Å². The smallest absolute Gasteiger partial charge is 0.203 e. The van der Waals surface area contributed by atoms with E-state index in [0.717, 1.165) is 30.8 Å². The predicted molar refractivity (Wildman–Crippen MR) is 98.4 cm³/mol. The molecule has 5 nitrogen and oxygen atoms in total. The summed E-state index contributed by atoms with van der Waals surface area (Å²) in [5.41, 5.74) is 9.75. The topological polar surface area (TPSA) is 57.0 Å². The summed E-state index contributed by atoms with van der Waals surface area (Å²) in [4.78, 5) is 2.40. The van der Waals surface area contributed by atoms with Gasteiger partial charge in [-0.2, -0.15) is 0 Å². The lowest BCUT2D eigenvalue weighted by Gasteiger charge is -2.23. The van der Waals surface area contributed by atoms with E-state index in [0.29, 0.717) is 18.0 Å². The summed E-state index contributed by atoms with van der Waals surface area (Å²) >= 11 is 0. The van der Waals surface area contributed by atoms with Gasteiger partial charge in [0.1, 0.15) is 0 Å². The standard InChI is InChI=1S/C20H26N2O3/c1-23-18-11-15-16(19(24-2)20(18)25-3)13-22(17(15)12-21)10-9-14-7-5-4-6-8-14/h4-8,11,17H,9-10,12-13,21H2,1-3H3. The van der Waals surface area contributed by atoms with Gasteiger partial charge in [0.2, 0.25) is 5.75 Å². The van der Waals surface area contributed by atoms with E-state index in [1.807, 2.05) is 12.1 Å². The third-order valence-corrected chi connectivity index (χ3v) is 4.88. The Bertz CT molecular complexity index is 719. The van der Waals surface area contributed by atoms with Gasteiger partial charge in [-0.15, -0.1) is 0 Å². The van der Waals surface area contributed by atoms with Crippen LogP contribution in [0.5, 0.6) is 17.2 Å². The van der Waals surface area contributed by atoms with Crippen molar-refractivity contribution >= 4 is 0 Å². The molecule has 1 atom stereocenters. The first-order chi connectivity index (χ1) is 12.2. The van der Waals surface area contributed by atoms with Crippen LogP contribution >= 0.6 is 0 Å².